The second-order valence-electron chi connectivity index (χ2n) is 7.83. The summed E-state index contributed by atoms with van der Waals surface area (Å²) in [5.74, 6) is -0.0625. The van der Waals surface area contributed by atoms with Crippen molar-refractivity contribution >= 4 is 27.3 Å². The van der Waals surface area contributed by atoms with E-state index in [9.17, 15) is 23.3 Å². The first-order valence-corrected chi connectivity index (χ1v) is 12.6. The Morgan fingerprint density at radius 1 is 1.00 bits per heavy atom. The molecule has 1 saturated heterocycles. The van der Waals surface area contributed by atoms with Crippen molar-refractivity contribution < 1.29 is 18.1 Å². The second kappa shape index (κ2) is 10.3. The van der Waals surface area contributed by atoms with Gasteiger partial charge in [0.25, 0.3) is 11.6 Å². The van der Waals surface area contributed by atoms with Crippen molar-refractivity contribution in [3.05, 3.63) is 63.7 Å². The van der Waals surface area contributed by atoms with Crippen LogP contribution in [0.25, 0.3) is 0 Å². The van der Waals surface area contributed by atoms with Crippen LogP contribution in [0.1, 0.15) is 36.7 Å². The van der Waals surface area contributed by atoms with Gasteiger partial charge in [0.1, 0.15) is 5.69 Å². The van der Waals surface area contributed by atoms with Gasteiger partial charge >= 0.3 is 0 Å². The maximum atomic E-state index is 12.8. The van der Waals surface area contributed by atoms with Crippen LogP contribution in [0.15, 0.2) is 47.4 Å². The van der Waals surface area contributed by atoms with Gasteiger partial charge in [0.05, 0.1) is 9.82 Å². The molecule has 1 heterocycles. The molecule has 0 aromatic heterocycles. The maximum absolute atomic E-state index is 12.8. The van der Waals surface area contributed by atoms with E-state index in [-0.39, 0.29) is 29.6 Å². The fraction of sp³-hybridized carbons (Fsp3) is 0.435. The Kier molecular flexibility index (Phi) is 7.70. The number of nitrogens with zero attached hydrogens (tertiary/aromatic N) is 4. The Hall–Kier alpha value is -2.98. The Balaban J connectivity index is 1.78. The summed E-state index contributed by atoms with van der Waals surface area (Å²) >= 11 is 0. The zero-order chi connectivity index (χ0) is 24.2. The summed E-state index contributed by atoms with van der Waals surface area (Å²) < 4.78 is 26.9. The highest BCUT2D eigenvalue weighted by Gasteiger charge is 2.29. The van der Waals surface area contributed by atoms with Crippen LogP contribution < -0.4 is 4.90 Å². The highest BCUT2D eigenvalue weighted by molar-refractivity contribution is 7.89. The van der Waals surface area contributed by atoms with Gasteiger partial charge in [-0.2, -0.15) is 4.31 Å². The molecule has 2 aromatic carbocycles. The lowest BCUT2D eigenvalue weighted by Crippen LogP contribution is -2.49. The summed E-state index contributed by atoms with van der Waals surface area (Å²) in [5.41, 5.74) is 1.89. The molecule has 3 rings (SSSR count). The lowest BCUT2D eigenvalue weighted by molar-refractivity contribution is -0.384. The third-order valence-corrected chi connectivity index (χ3v) is 8.05. The number of amides is 1. The number of piperazine rings is 1. The van der Waals surface area contributed by atoms with Crippen molar-refractivity contribution in [2.24, 2.45) is 0 Å². The summed E-state index contributed by atoms with van der Waals surface area (Å²) in [4.78, 5) is 27.5. The lowest BCUT2D eigenvalue weighted by atomic mass is 10.1. The van der Waals surface area contributed by atoms with Crippen molar-refractivity contribution in [1.29, 1.82) is 0 Å². The molecule has 0 radical (unpaired) electrons. The zero-order valence-electron chi connectivity index (χ0n) is 19.2. The van der Waals surface area contributed by atoms with Crippen molar-refractivity contribution in [2.75, 3.05) is 44.2 Å². The molecule has 0 aliphatic carbocycles. The van der Waals surface area contributed by atoms with E-state index in [4.69, 9.17) is 0 Å². The zero-order valence-corrected chi connectivity index (χ0v) is 20.0. The van der Waals surface area contributed by atoms with Crippen LogP contribution in [0.2, 0.25) is 0 Å². The maximum Gasteiger partial charge on any atom is 0.293 e. The number of sulfonamides is 1. The number of benzene rings is 2. The van der Waals surface area contributed by atoms with Gasteiger partial charge in [-0.25, -0.2) is 8.42 Å². The average Bonchev–Trinajstić information content (AvgIpc) is 2.84. The molecular formula is C23H30N4O5S. The molecule has 1 fully saturated rings. The van der Waals surface area contributed by atoms with Crippen molar-refractivity contribution in [3.8, 4) is 0 Å². The quantitative estimate of drug-likeness (QED) is 0.430. The summed E-state index contributed by atoms with van der Waals surface area (Å²) in [6.07, 6.45) is 0.904. The minimum atomic E-state index is -3.80. The number of carbonyl (C=O) groups excluding carboxylic acids is 1. The van der Waals surface area contributed by atoms with Gasteiger partial charge in [0, 0.05) is 50.9 Å². The van der Waals surface area contributed by atoms with Gasteiger partial charge in [0.2, 0.25) is 10.0 Å². The van der Waals surface area contributed by atoms with E-state index in [1.165, 1.54) is 16.4 Å². The number of anilines is 1. The number of hydrogen-bond acceptors (Lipinski definition) is 6. The molecule has 0 N–H and O–H groups in total. The van der Waals surface area contributed by atoms with E-state index in [1.54, 1.807) is 18.7 Å². The Morgan fingerprint density at radius 2 is 1.61 bits per heavy atom. The third-order valence-electron chi connectivity index (χ3n) is 6.00. The minimum Gasteiger partial charge on any atom is -0.362 e. The van der Waals surface area contributed by atoms with E-state index >= 15 is 0 Å². The van der Waals surface area contributed by atoms with Crippen LogP contribution in [-0.4, -0.2) is 67.7 Å². The van der Waals surface area contributed by atoms with Crippen LogP contribution in [0.4, 0.5) is 11.4 Å². The summed E-state index contributed by atoms with van der Waals surface area (Å²) in [6, 6.07) is 11.6. The third kappa shape index (κ3) is 5.17. The summed E-state index contributed by atoms with van der Waals surface area (Å²) in [6.45, 7) is 7.75. The molecule has 1 aliphatic heterocycles. The van der Waals surface area contributed by atoms with Crippen LogP contribution in [0.3, 0.4) is 0 Å². The molecule has 0 spiro atoms. The van der Waals surface area contributed by atoms with Gasteiger partial charge in [-0.3, -0.25) is 14.9 Å². The molecule has 2 aromatic rings. The molecule has 0 atom stereocenters. The van der Waals surface area contributed by atoms with E-state index in [0.29, 0.717) is 37.4 Å². The monoisotopic (exact) mass is 474 g/mol. The smallest absolute Gasteiger partial charge is 0.293 e. The second-order valence-corrected chi connectivity index (χ2v) is 9.76. The van der Waals surface area contributed by atoms with Crippen molar-refractivity contribution in [2.45, 2.75) is 32.1 Å². The highest BCUT2D eigenvalue weighted by atomic mass is 32.2. The van der Waals surface area contributed by atoms with Crippen LogP contribution in [0, 0.1) is 10.1 Å². The largest absolute Gasteiger partial charge is 0.362 e. The number of hydrogen-bond donors (Lipinski definition) is 0. The number of carbonyl (C=O) groups is 1. The first-order valence-electron chi connectivity index (χ1n) is 11.1. The molecule has 0 unspecified atom stereocenters. The number of rotatable bonds is 8. The highest BCUT2D eigenvalue weighted by Crippen LogP contribution is 2.32. The standard InChI is InChI=1S/C23H30N4O5S/c1-4-18-7-9-19(10-8-18)23(28)25-15-13-24(14-16-25)21-12-11-20(17-22(21)27(29)30)33(31,32)26(5-2)6-3/h7-12,17H,4-6,13-16H2,1-3H3. The molecular weight excluding hydrogens is 444 g/mol. The summed E-state index contributed by atoms with van der Waals surface area (Å²) in [5, 5.41) is 11.8. The molecule has 0 saturated carbocycles. The van der Waals surface area contributed by atoms with E-state index in [0.717, 1.165) is 18.1 Å². The number of nitro benzene ring substituents is 1. The molecule has 1 amide bonds. The average molecular weight is 475 g/mol. The van der Waals surface area contributed by atoms with Crippen molar-refractivity contribution in [1.82, 2.24) is 9.21 Å². The van der Waals surface area contributed by atoms with Crippen LogP contribution in [0.5, 0.6) is 0 Å². The fourth-order valence-corrected chi connectivity index (χ4v) is 5.48. The minimum absolute atomic E-state index is 0.0625. The predicted molar refractivity (Wildman–Crippen MR) is 127 cm³/mol. The number of nitro groups is 1. The van der Waals surface area contributed by atoms with Gasteiger partial charge in [0.15, 0.2) is 0 Å². The first-order chi connectivity index (χ1) is 15.7. The van der Waals surface area contributed by atoms with Gasteiger partial charge in [-0.05, 0) is 36.2 Å². The van der Waals surface area contributed by atoms with Crippen LogP contribution in [-0.2, 0) is 16.4 Å². The Bertz CT molecular complexity index is 1110. The van der Waals surface area contributed by atoms with Crippen molar-refractivity contribution in [3.63, 3.8) is 0 Å². The molecule has 1 aliphatic rings. The van der Waals surface area contributed by atoms with E-state index in [2.05, 4.69) is 6.92 Å². The summed E-state index contributed by atoms with van der Waals surface area (Å²) in [7, 11) is -3.80. The molecule has 178 valence electrons. The topological polar surface area (TPSA) is 104 Å². The number of aryl methyl sites for hydroxylation is 1. The molecule has 10 heteroatoms. The predicted octanol–water partition coefficient (Wildman–Crippen LogP) is 3.15. The van der Waals surface area contributed by atoms with Gasteiger partial charge < -0.3 is 9.80 Å². The Morgan fingerprint density at radius 3 is 2.12 bits per heavy atom. The molecule has 9 nitrogen and oxygen atoms in total. The van der Waals surface area contributed by atoms with Crippen LogP contribution >= 0.6 is 0 Å². The molecule has 33 heavy (non-hydrogen) atoms. The lowest BCUT2D eigenvalue weighted by Gasteiger charge is -2.36. The Labute approximate surface area is 194 Å². The van der Waals surface area contributed by atoms with Gasteiger partial charge in [-0.15, -0.1) is 0 Å². The van der Waals surface area contributed by atoms with E-state index < -0.39 is 14.9 Å². The first kappa shape index (κ1) is 24.7. The SMILES string of the molecule is CCc1ccc(C(=O)N2CCN(c3ccc(S(=O)(=O)N(CC)CC)cc3[N+](=O)[O-])CC2)cc1. The fourth-order valence-electron chi connectivity index (χ4n) is 4.01. The van der Waals surface area contributed by atoms with Gasteiger partial charge in [-0.1, -0.05) is 32.9 Å². The normalized spacial score (nSPS) is 14.5. The molecule has 0 bridgehead atoms. The van der Waals surface area contributed by atoms with E-state index in [1.807, 2.05) is 29.2 Å².